The Hall–Kier alpha value is -3.41. The van der Waals surface area contributed by atoms with Crippen LogP contribution in [0.3, 0.4) is 0 Å². The number of carbonyl (C=O) groups excluding carboxylic acids is 3. The summed E-state index contributed by atoms with van der Waals surface area (Å²) in [4.78, 5) is 38.1. The van der Waals surface area contributed by atoms with Crippen molar-refractivity contribution in [1.29, 1.82) is 0 Å². The molecule has 67 heavy (non-hydrogen) atoms. The van der Waals surface area contributed by atoms with Crippen molar-refractivity contribution < 1.29 is 28.6 Å². The summed E-state index contributed by atoms with van der Waals surface area (Å²) >= 11 is 0. The molecule has 6 nitrogen and oxygen atoms in total. The first kappa shape index (κ1) is 63.6. The number of hydrogen-bond donors (Lipinski definition) is 0. The number of rotatable bonds is 50. The minimum absolute atomic E-state index is 0.102. The second-order valence-corrected chi connectivity index (χ2v) is 18.5. The molecule has 0 radical (unpaired) electrons. The fourth-order valence-electron chi connectivity index (χ4n) is 7.64. The van der Waals surface area contributed by atoms with Crippen LogP contribution in [0.25, 0.3) is 0 Å². The van der Waals surface area contributed by atoms with Crippen molar-refractivity contribution >= 4 is 17.9 Å². The minimum Gasteiger partial charge on any atom is -0.462 e. The predicted molar refractivity (Wildman–Crippen MR) is 288 cm³/mol. The van der Waals surface area contributed by atoms with E-state index in [1.54, 1.807) is 0 Å². The molecule has 0 aliphatic carbocycles. The lowest BCUT2D eigenvalue weighted by molar-refractivity contribution is -0.167. The highest BCUT2D eigenvalue weighted by molar-refractivity contribution is 5.71. The molecule has 0 bridgehead atoms. The third kappa shape index (κ3) is 53.4. The summed E-state index contributed by atoms with van der Waals surface area (Å²) in [7, 11) is 0. The Kier molecular flexibility index (Phi) is 52.4. The van der Waals surface area contributed by atoms with E-state index in [-0.39, 0.29) is 37.5 Å². The molecule has 0 unspecified atom stereocenters. The van der Waals surface area contributed by atoms with Gasteiger partial charge in [0.25, 0.3) is 0 Å². The quantitative estimate of drug-likeness (QED) is 0.0262. The number of carbonyl (C=O) groups is 3. The fourth-order valence-corrected chi connectivity index (χ4v) is 7.64. The van der Waals surface area contributed by atoms with Gasteiger partial charge in [0, 0.05) is 19.3 Å². The van der Waals surface area contributed by atoms with Crippen LogP contribution < -0.4 is 0 Å². The van der Waals surface area contributed by atoms with Gasteiger partial charge < -0.3 is 14.2 Å². The fraction of sp³-hybridized carbons (Fsp3) is 0.721. The number of unbranched alkanes of at least 4 members (excludes halogenated alkanes) is 25. The maximum atomic E-state index is 12.8. The molecule has 0 rings (SSSR count). The van der Waals surface area contributed by atoms with E-state index in [1.165, 1.54) is 141 Å². The molecule has 0 heterocycles. The molecule has 0 saturated heterocycles. The van der Waals surface area contributed by atoms with Crippen molar-refractivity contribution in [2.24, 2.45) is 0 Å². The molecule has 0 aliphatic rings. The van der Waals surface area contributed by atoms with Gasteiger partial charge in [-0.3, -0.25) is 14.4 Å². The Balaban J connectivity index is 4.48. The topological polar surface area (TPSA) is 78.9 Å². The molecular formula is C61H104O6. The third-order valence-corrected chi connectivity index (χ3v) is 11.9. The van der Waals surface area contributed by atoms with Gasteiger partial charge in [0.15, 0.2) is 6.10 Å². The second-order valence-electron chi connectivity index (χ2n) is 18.5. The normalized spacial score (nSPS) is 12.7. The Morgan fingerprint density at radius 1 is 0.313 bits per heavy atom. The van der Waals surface area contributed by atoms with Gasteiger partial charge in [0.2, 0.25) is 0 Å². The maximum absolute atomic E-state index is 12.8. The van der Waals surface area contributed by atoms with Crippen LogP contribution in [-0.2, 0) is 28.6 Å². The number of hydrogen-bond acceptors (Lipinski definition) is 6. The molecule has 0 spiro atoms. The Bertz CT molecular complexity index is 1300. The lowest BCUT2D eigenvalue weighted by atomic mass is 10.1. The molecule has 0 N–H and O–H groups in total. The highest BCUT2D eigenvalue weighted by atomic mass is 16.6. The zero-order chi connectivity index (χ0) is 48.6. The molecule has 6 heteroatoms. The standard InChI is InChI=1S/C61H104O6/c1-4-7-10-13-16-19-22-25-28-30-33-36-39-42-45-48-51-54-60(63)66-57-58(56-65-59(62)53-50-47-44-41-38-35-32-27-24-21-18-15-12-9-6-3)67-61(64)55-52-49-46-43-40-37-34-31-29-26-23-20-17-14-11-8-5-2/h8,11,17,20-21,24-26,28-29,34,37,43,46,58H,4-7,9-10,12-16,18-19,22-23,27,30-33,35-36,38-42,44-45,47-57H2,1-3H3/b11-8-,20-17-,24-21-,28-25-,29-26-,37-34-,46-43-/t58-/m0/s1. The van der Waals surface area contributed by atoms with Crippen molar-refractivity contribution in [3.05, 3.63) is 85.1 Å². The van der Waals surface area contributed by atoms with Crippen molar-refractivity contribution in [3.63, 3.8) is 0 Å². The van der Waals surface area contributed by atoms with Gasteiger partial charge in [-0.15, -0.1) is 0 Å². The number of esters is 3. The van der Waals surface area contributed by atoms with Crippen LogP contribution in [-0.4, -0.2) is 37.2 Å². The summed E-state index contributed by atoms with van der Waals surface area (Å²) in [5, 5.41) is 0. The summed E-state index contributed by atoms with van der Waals surface area (Å²) in [6.07, 6.45) is 71.4. The third-order valence-electron chi connectivity index (χ3n) is 11.9. The van der Waals surface area contributed by atoms with E-state index >= 15 is 0 Å². The van der Waals surface area contributed by atoms with Gasteiger partial charge in [0.05, 0.1) is 0 Å². The molecule has 0 saturated carbocycles. The summed E-state index contributed by atoms with van der Waals surface area (Å²) in [5.74, 6) is -0.966. The Morgan fingerprint density at radius 2 is 0.597 bits per heavy atom. The first-order valence-electron chi connectivity index (χ1n) is 28.1. The molecule has 0 aliphatic heterocycles. The van der Waals surface area contributed by atoms with Crippen LogP contribution in [0.4, 0.5) is 0 Å². The van der Waals surface area contributed by atoms with Crippen LogP contribution in [0.15, 0.2) is 85.1 Å². The van der Waals surface area contributed by atoms with Gasteiger partial charge in [-0.25, -0.2) is 0 Å². The second kappa shape index (κ2) is 55.2. The maximum Gasteiger partial charge on any atom is 0.306 e. The van der Waals surface area contributed by atoms with Crippen LogP contribution in [0.2, 0.25) is 0 Å². The van der Waals surface area contributed by atoms with Gasteiger partial charge in [-0.2, -0.15) is 0 Å². The summed E-state index contributed by atoms with van der Waals surface area (Å²) in [6, 6.07) is 0. The van der Waals surface area contributed by atoms with Gasteiger partial charge in [-0.1, -0.05) is 221 Å². The highest BCUT2D eigenvalue weighted by Crippen LogP contribution is 2.14. The molecule has 1 atom stereocenters. The van der Waals surface area contributed by atoms with Crippen molar-refractivity contribution in [2.45, 2.75) is 271 Å². The van der Waals surface area contributed by atoms with Crippen LogP contribution in [0, 0.1) is 0 Å². The lowest BCUT2D eigenvalue weighted by Gasteiger charge is -2.18. The number of allylic oxidation sites excluding steroid dienone is 14. The number of ether oxygens (including phenoxy) is 3. The van der Waals surface area contributed by atoms with E-state index in [1.807, 2.05) is 0 Å². The smallest absolute Gasteiger partial charge is 0.306 e. The van der Waals surface area contributed by atoms with Gasteiger partial charge >= 0.3 is 17.9 Å². The summed E-state index contributed by atoms with van der Waals surface area (Å²) < 4.78 is 16.8. The molecule has 384 valence electrons. The first-order valence-corrected chi connectivity index (χ1v) is 28.1. The van der Waals surface area contributed by atoms with Crippen molar-refractivity contribution in [1.82, 2.24) is 0 Å². The summed E-state index contributed by atoms with van der Waals surface area (Å²) in [6.45, 7) is 6.46. The molecule has 0 amide bonds. The van der Waals surface area contributed by atoms with E-state index in [0.717, 1.165) is 77.0 Å². The Labute approximate surface area is 414 Å². The highest BCUT2D eigenvalue weighted by Gasteiger charge is 2.19. The Morgan fingerprint density at radius 3 is 0.985 bits per heavy atom. The first-order chi connectivity index (χ1) is 33.0. The van der Waals surface area contributed by atoms with E-state index in [9.17, 15) is 14.4 Å². The SMILES string of the molecule is CC/C=C\C/C=C\C/C=C\C/C=C\C/C=C\CCCC(=O)O[C@@H](COC(=O)CCCCCCCCC/C=C\CCCCCC)COC(=O)CCCCCCCCC/C=C\CCCCCCCC. The van der Waals surface area contributed by atoms with Crippen molar-refractivity contribution in [3.8, 4) is 0 Å². The summed E-state index contributed by atoms with van der Waals surface area (Å²) in [5.41, 5.74) is 0. The molecule has 0 aromatic carbocycles. The van der Waals surface area contributed by atoms with Crippen molar-refractivity contribution in [2.75, 3.05) is 13.2 Å². The van der Waals surface area contributed by atoms with Gasteiger partial charge in [-0.05, 0) is 109 Å². The molecule has 0 fully saturated rings. The predicted octanol–water partition coefficient (Wildman–Crippen LogP) is 18.8. The van der Waals surface area contributed by atoms with E-state index in [4.69, 9.17) is 14.2 Å². The zero-order valence-corrected chi connectivity index (χ0v) is 43.9. The molecular weight excluding hydrogens is 829 g/mol. The van der Waals surface area contributed by atoms with Crippen LogP contribution in [0.5, 0.6) is 0 Å². The monoisotopic (exact) mass is 933 g/mol. The minimum atomic E-state index is -0.810. The molecule has 0 aromatic heterocycles. The molecule has 0 aromatic rings. The zero-order valence-electron chi connectivity index (χ0n) is 43.9. The van der Waals surface area contributed by atoms with E-state index in [2.05, 4.69) is 106 Å². The van der Waals surface area contributed by atoms with Crippen LogP contribution in [0.1, 0.15) is 265 Å². The van der Waals surface area contributed by atoms with E-state index < -0.39 is 6.10 Å². The van der Waals surface area contributed by atoms with Crippen LogP contribution >= 0.6 is 0 Å². The lowest BCUT2D eigenvalue weighted by Crippen LogP contribution is -2.30. The largest absolute Gasteiger partial charge is 0.462 e. The van der Waals surface area contributed by atoms with Gasteiger partial charge in [0.1, 0.15) is 13.2 Å². The average molecular weight is 933 g/mol. The average Bonchev–Trinajstić information content (AvgIpc) is 3.33. The van der Waals surface area contributed by atoms with E-state index in [0.29, 0.717) is 19.3 Å².